The Morgan fingerprint density at radius 3 is 2.65 bits per heavy atom. The number of aromatic nitrogens is 2. The summed E-state index contributed by atoms with van der Waals surface area (Å²) in [6.45, 7) is 5.90. The molecule has 0 unspecified atom stereocenters. The third-order valence-electron chi connectivity index (χ3n) is 4.50. The average Bonchev–Trinajstić information content (AvgIpc) is 2.58. The fourth-order valence-corrected chi connectivity index (χ4v) is 2.88. The molecule has 0 radical (unpaired) electrons. The van der Waals surface area contributed by atoms with Gasteiger partial charge in [0.2, 0.25) is 0 Å². The van der Waals surface area contributed by atoms with Gasteiger partial charge in [-0.1, -0.05) is 37.3 Å². The van der Waals surface area contributed by atoms with Gasteiger partial charge in [0.25, 0.3) is 5.56 Å². The Balaban J connectivity index is 2.00. The molecule has 1 aliphatic rings. The fraction of sp³-hybridized carbons (Fsp3) is 0.412. The minimum Gasteiger partial charge on any atom is -0.358 e. The van der Waals surface area contributed by atoms with Crippen molar-refractivity contribution in [2.75, 3.05) is 12.0 Å². The second-order valence-corrected chi connectivity index (χ2v) is 6.00. The van der Waals surface area contributed by atoms with Crippen LogP contribution in [0.5, 0.6) is 0 Å². The third-order valence-corrected chi connectivity index (χ3v) is 4.50. The van der Waals surface area contributed by atoms with Crippen molar-refractivity contribution in [1.82, 2.24) is 14.5 Å². The number of nitrogens with zero attached hydrogens (tertiary/aromatic N) is 2. The molecule has 23 heavy (non-hydrogen) atoms. The van der Waals surface area contributed by atoms with Crippen LogP contribution >= 0.6 is 0 Å². The number of hydrogen-bond donors (Lipinski definition) is 2. The zero-order chi connectivity index (χ0) is 16.4. The highest BCUT2D eigenvalue weighted by atomic mass is 16.2. The molecule has 1 aromatic heterocycles. The van der Waals surface area contributed by atoms with E-state index in [2.05, 4.69) is 29.0 Å². The van der Waals surface area contributed by atoms with E-state index in [-0.39, 0.29) is 11.2 Å². The van der Waals surface area contributed by atoms with Crippen LogP contribution in [0.3, 0.4) is 0 Å². The molecule has 0 fully saturated rings. The van der Waals surface area contributed by atoms with Crippen LogP contribution in [0.2, 0.25) is 0 Å². The molecule has 3 rings (SSSR count). The summed E-state index contributed by atoms with van der Waals surface area (Å²) in [7, 11) is 0. The lowest BCUT2D eigenvalue weighted by Crippen LogP contribution is -2.46. The van der Waals surface area contributed by atoms with Crippen LogP contribution in [-0.2, 0) is 13.1 Å². The first-order valence-electron chi connectivity index (χ1n) is 7.98. The molecule has 1 aliphatic heterocycles. The lowest BCUT2D eigenvalue weighted by atomic mass is 10.1. The van der Waals surface area contributed by atoms with Crippen LogP contribution < -0.4 is 16.6 Å². The monoisotopic (exact) mass is 314 g/mol. The van der Waals surface area contributed by atoms with Crippen molar-refractivity contribution in [2.45, 2.75) is 39.4 Å². The number of nitrogens with one attached hydrogen (secondary N) is 2. The van der Waals surface area contributed by atoms with E-state index >= 15 is 0 Å². The van der Waals surface area contributed by atoms with Gasteiger partial charge in [0.15, 0.2) is 0 Å². The number of benzene rings is 1. The van der Waals surface area contributed by atoms with Crippen molar-refractivity contribution in [1.29, 1.82) is 0 Å². The summed E-state index contributed by atoms with van der Waals surface area (Å²) in [4.78, 5) is 29.1. The smallest absolute Gasteiger partial charge is 0.330 e. The molecule has 1 atom stereocenters. The van der Waals surface area contributed by atoms with Gasteiger partial charge >= 0.3 is 5.69 Å². The van der Waals surface area contributed by atoms with E-state index in [1.165, 1.54) is 0 Å². The topological polar surface area (TPSA) is 70.1 Å². The molecule has 122 valence electrons. The van der Waals surface area contributed by atoms with Crippen molar-refractivity contribution in [2.24, 2.45) is 0 Å². The molecule has 2 N–H and O–H groups in total. The van der Waals surface area contributed by atoms with Gasteiger partial charge in [-0.15, -0.1) is 0 Å². The Morgan fingerprint density at radius 1 is 1.22 bits per heavy atom. The lowest BCUT2D eigenvalue weighted by Gasteiger charge is -2.34. The fourth-order valence-electron chi connectivity index (χ4n) is 2.88. The molecule has 2 aromatic rings. The molecule has 0 spiro atoms. The maximum absolute atomic E-state index is 12.2. The Kier molecular flexibility index (Phi) is 4.34. The number of H-pyrrole nitrogens is 1. The van der Waals surface area contributed by atoms with Crippen LogP contribution in [0, 0.1) is 0 Å². The van der Waals surface area contributed by atoms with Crippen molar-refractivity contribution in [3.05, 3.63) is 62.3 Å². The molecular formula is C17H22N4O2. The van der Waals surface area contributed by atoms with Crippen LogP contribution in [0.25, 0.3) is 0 Å². The number of hydrogen-bond acceptors (Lipinski definition) is 4. The second-order valence-electron chi connectivity index (χ2n) is 6.00. The van der Waals surface area contributed by atoms with Crippen LogP contribution in [0.4, 0.5) is 5.82 Å². The largest absolute Gasteiger partial charge is 0.358 e. The molecule has 1 aromatic carbocycles. The van der Waals surface area contributed by atoms with E-state index in [1.807, 2.05) is 30.3 Å². The van der Waals surface area contributed by atoms with Gasteiger partial charge in [0.05, 0.1) is 18.8 Å². The van der Waals surface area contributed by atoms with Crippen molar-refractivity contribution < 1.29 is 0 Å². The first-order valence-corrected chi connectivity index (χ1v) is 7.98. The zero-order valence-corrected chi connectivity index (χ0v) is 13.5. The summed E-state index contributed by atoms with van der Waals surface area (Å²) in [5.41, 5.74) is 0.985. The molecular weight excluding hydrogens is 292 g/mol. The van der Waals surface area contributed by atoms with Crippen molar-refractivity contribution >= 4 is 5.82 Å². The second kappa shape index (κ2) is 6.42. The van der Waals surface area contributed by atoms with Crippen molar-refractivity contribution in [3.63, 3.8) is 0 Å². The number of aromatic amines is 1. The normalized spacial score (nSPS) is 15.7. The Hall–Kier alpha value is -2.34. The molecule has 0 saturated heterocycles. The van der Waals surface area contributed by atoms with E-state index < -0.39 is 0 Å². The highest BCUT2D eigenvalue weighted by molar-refractivity contribution is 5.46. The third kappa shape index (κ3) is 3.07. The Morgan fingerprint density at radius 2 is 1.96 bits per heavy atom. The maximum Gasteiger partial charge on any atom is 0.330 e. The first-order chi connectivity index (χ1) is 11.1. The molecule has 6 nitrogen and oxygen atoms in total. The number of anilines is 1. The van der Waals surface area contributed by atoms with Gasteiger partial charge in [-0.2, -0.15) is 0 Å². The highest BCUT2D eigenvalue weighted by Crippen LogP contribution is 2.20. The average molecular weight is 314 g/mol. The standard InChI is InChI=1S/C17H22N4O2/c1-3-12(2)20-10-14-15(18-11-20)21(17(23)19-16(14)22)9-13-7-5-4-6-8-13/h4-8,12,18H,3,9-11H2,1-2H3,(H,19,22,23)/t12-/m0/s1. The van der Waals surface area contributed by atoms with Crippen LogP contribution in [0.15, 0.2) is 39.9 Å². The molecule has 2 heterocycles. The molecule has 0 aliphatic carbocycles. The molecule has 6 heteroatoms. The number of rotatable bonds is 4. The Bertz CT molecular complexity index is 794. The molecule has 0 saturated carbocycles. The van der Waals surface area contributed by atoms with Gasteiger partial charge in [-0.05, 0) is 18.9 Å². The van der Waals surface area contributed by atoms with Gasteiger partial charge < -0.3 is 5.32 Å². The van der Waals surface area contributed by atoms with Crippen LogP contribution in [-0.4, -0.2) is 27.2 Å². The molecule has 0 bridgehead atoms. The van der Waals surface area contributed by atoms with Gasteiger partial charge in [-0.3, -0.25) is 19.2 Å². The summed E-state index contributed by atoms with van der Waals surface area (Å²) in [5, 5.41) is 3.27. The minimum absolute atomic E-state index is 0.296. The summed E-state index contributed by atoms with van der Waals surface area (Å²) in [6.07, 6.45) is 1.01. The van der Waals surface area contributed by atoms with E-state index in [0.717, 1.165) is 12.0 Å². The Labute approximate surface area is 134 Å². The zero-order valence-electron chi connectivity index (χ0n) is 13.5. The highest BCUT2D eigenvalue weighted by Gasteiger charge is 2.24. The number of fused-ring (bicyclic) bond motifs is 1. The van der Waals surface area contributed by atoms with E-state index in [4.69, 9.17) is 0 Å². The van der Waals surface area contributed by atoms with Gasteiger partial charge in [0.1, 0.15) is 5.82 Å². The minimum atomic E-state index is -0.373. The predicted molar refractivity (Wildman–Crippen MR) is 90.7 cm³/mol. The summed E-state index contributed by atoms with van der Waals surface area (Å²) in [6, 6.07) is 10.1. The summed E-state index contributed by atoms with van der Waals surface area (Å²) < 4.78 is 1.61. The SMILES string of the molecule is CC[C@H](C)N1CNc2c(c(=O)[nH]c(=O)n2Cc2ccccc2)C1. The van der Waals surface area contributed by atoms with Crippen molar-refractivity contribution in [3.8, 4) is 0 Å². The van der Waals surface area contributed by atoms with E-state index in [1.54, 1.807) is 4.57 Å². The predicted octanol–water partition coefficient (Wildman–Crippen LogP) is 1.57. The maximum atomic E-state index is 12.2. The first kappa shape index (κ1) is 15.6. The quantitative estimate of drug-likeness (QED) is 0.899. The van der Waals surface area contributed by atoms with Crippen LogP contribution in [0.1, 0.15) is 31.4 Å². The molecule has 0 amide bonds. The summed E-state index contributed by atoms with van der Waals surface area (Å²) in [5.74, 6) is 0.641. The lowest BCUT2D eigenvalue weighted by molar-refractivity contribution is 0.200. The van der Waals surface area contributed by atoms with E-state index in [9.17, 15) is 9.59 Å². The summed E-state index contributed by atoms with van der Waals surface area (Å²) >= 11 is 0. The van der Waals surface area contributed by atoms with Gasteiger partial charge in [0, 0.05) is 12.6 Å². The van der Waals surface area contributed by atoms with E-state index in [0.29, 0.717) is 37.2 Å². The van der Waals surface area contributed by atoms with Gasteiger partial charge in [-0.25, -0.2) is 4.79 Å².